The van der Waals surface area contributed by atoms with Crippen LogP contribution in [0.2, 0.25) is 0 Å². The van der Waals surface area contributed by atoms with E-state index in [1.54, 1.807) is 0 Å². The summed E-state index contributed by atoms with van der Waals surface area (Å²) >= 11 is 0. The molecule has 0 unspecified atom stereocenters. The first-order valence-electron chi connectivity index (χ1n) is 4.87. The Balaban J connectivity index is 4.52. The maximum Gasteiger partial charge on any atom is 0.240 e. The van der Waals surface area contributed by atoms with Crippen LogP contribution in [-0.2, 0) is 4.74 Å². The zero-order valence-electron chi connectivity index (χ0n) is 9.49. The minimum absolute atomic E-state index is 0.396. The molecule has 82 valence electrons. The minimum atomic E-state index is 0.396. The molecule has 0 heterocycles. The third-order valence-electron chi connectivity index (χ3n) is 1.69. The standard InChI is InChI=1S/C12H18N2O/c1-6-10(3)8-9-11(4)12(14-13-5)15-7-2/h8-9H,3-7H2,1-2H3/b9-8-,14-12-. The number of ether oxygens (including phenoxy) is 1. The second-order valence-corrected chi connectivity index (χ2v) is 2.85. The number of allylic oxidation sites excluding steroid dienone is 2. The van der Waals surface area contributed by atoms with E-state index in [1.165, 1.54) is 0 Å². The molecule has 3 heteroatoms. The highest BCUT2D eigenvalue weighted by molar-refractivity contribution is 5.95. The normalized spacial score (nSPS) is 11.5. The Hall–Kier alpha value is -1.64. The lowest BCUT2D eigenvalue weighted by Crippen LogP contribution is -2.05. The van der Waals surface area contributed by atoms with Gasteiger partial charge in [0.2, 0.25) is 5.90 Å². The van der Waals surface area contributed by atoms with Gasteiger partial charge in [0, 0.05) is 12.3 Å². The van der Waals surface area contributed by atoms with Crippen LogP contribution in [0.5, 0.6) is 0 Å². The summed E-state index contributed by atoms with van der Waals surface area (Å²) in [5.74, 6) is 0.396. The molecule has 0 saturated heterocycles. The van der Waals surface area contributed by atoms with E-state index in [1.807, 2.05) is 26.0 Å². The summed E-state index contributed by atoms with van der Waals surface area (Å²) in [6.45, 7) is 15.4. The third kappa shape index (κ3) is 5.62. The SMILES string of the molecule is C=N/N=C(\OCC)C(=C)/C=C\C(=C)CC. The summed E-state index contributed by atoms with van der Waals surface area (Å²) in [5, 5.41) is 7.16. The van der Waals surface area contributed by atoms with Crippen molar-refractivity contribution >= 4 is 12.6 Å². The molecule has 0 saturated carbocycles. The first kappa shape index (κ1) is 13.4. The van der Waals surface area contributed by atoms with Crippen molar-refractivity contribution < 1.29 is 4.74 Å². The Bertz CT molecular complexity index is 301. The van der Waals surface area contributed by atoms with Crippen LogP contribution in [0.25, 0.3) is 0 Å². The Morgan fingerprint density at radius 1 is 1.27 bits per heavy atom. The van der Waals surface area contributed by atoms with Crippen LogP contribution in [0, 0.1) is 0 Å². The zero-order chi connectivity index (χ0) is 11.7. The van der Waals surface area contributed by atoms with Gasteiger partial charge in [-0.25, -0.2) is 0 Å². The van der Waals surface area contributed by atoms with Gasteiger partial charge in [0.15, 0.2) is 0 Å². The van der Waals surface area contributed by atoms with Gasteiger partial charge in [-0.05, 0) is 19.4 Å². The monoisotopic (exact) mass is 206 g/mol. The number of rotatable bonds is 6. The fourth-order valence-corrected chi connectivity index (χ4v) is 0.794. The summed E-state index contributed by atoms with van der Waals surface area (Å²) in [6.07, 6.45) is 4.61. The van der Waals surface area contributed by atoms with E-state index in [-0.39, 0.29) is 0 Å². The third-order valence-corrected chi connectivity index (χ3v) is 1.69. The molecule has 0 radical (unpaired) electrons. The molecule has 0 amide bonds. The fourth-order valence-electron chi connectivity index (χ4n) is 0.794. The van der Waals surface area contributed by atoms with Gasteiger partial charge in [0.05, 0.1) is 6.61 Å². The molecule has 3 nitrogen and oxygen atoms in total. The first-order valence-corrected chi connectivity index (χ1v) is 4.87. The van der Waals surface area contributed by atoms with E-state index in [2.05, 4.69) is 30.1 Å². The van der Waals surface area contributed by atoms with Crippen molar-refractivity contribution in [3.63, 3.8) is 0 Å². The van der Waals surface area contributed by atoms with Gasteiger partial charge in [-0.1, -0.05) is 31.7 Å². The van der Waals surface area contributed by atoms with Crippen molar-refractivity contribution in [2.24, 2.45) is 10.2 Å². The summed E-state index contributed by atoms with van der Waals surface area (Å²) in [6, 6.07) is 0. The number of hydrogen-bond acceptors (Lipinski definition) is 3. The van der Waals surface area contributed by atoms with Crippen molar-refractivity contribution in [3.05, 3.63) is 36.5 Å². The zero-order valence-corrected chi connectivity index (χ0v) is 9.49. The summed E-state index contributed by atoms with van der Waals surface area (Å²) in [7, 11) is 0. The van der Waals surface area contributed by atoms with Gasteiger partial charge < -0.3 is 4.74 Å². The smallest absolute Gasteiger partial charge is 0.240 e. The molecule has 0 spiro atoms. The molecule has 0 fully saturated rings. The van der Waals surface area contributed by atoms with Crippen LogP contribution < -0.4 is 0 Å². The van der Waals surface area contributed by atoms with Gasteiger partial charge in [-0.2, -0.15) is 5.10 Å². The van der Waals surface area contributed by atoms with Gasteiger partial charge in [0.1, 0.15) is 0 Å². The Morgan fingerprint density at radius 2 is 1.93 bits per heavy atom. The first-order chi connectivity index (χ1) is 7.15. The molecule has 0 bridgehead atoms. The highest BCUT2D eigenvalue weighted by Gasteiger charge is 2.01. The number of nitrogens with zero attached hydrogens (tertiary/aromatic N) is 2. The molecule has 0 aromatic rings. The van der Waals surface area contributed by atoms with Crippen LogP contribution in [-0.4, -0.2) is 19.2 Å². The molecular weight excluding hydrogens is 188 g/mol. The lowest BCUT2D eigenvalue weighted by Gasteiger charge is -2.04. The second-order valence-electron chi connectivity index (χ2n) is 2.85. The van der Waals surface area contributed by atoms with Crippen molar-refractivity contribution in [3.8, 4) is 0 Å². The van der Waals surface area contributed by atoms with Gasteiger partial charge in [-0.3, -0.25) is 0 Å². The number of hydrogen-bond donors (Lipinski definition) is 0. The molecular formula is C12H18N2O. The Labute approximate surface area is 91.6 Å². The van der Waals surface area contributed by atoms with Crippen LogP contribution in [0.4, 0.5) is 0 Å². The van der Waals surface area contributed by atoms with Gasteiger partial charge >= 0.3 is 0 Å². The van der Waals surface area contributed by atoms with Crippen LogP contribution in [0.15, 0.2) is 46.7 Å². The summed E-state index contributed by atoms with van der Waals surface area (Å²) in [5.41, 5.74) is 1.69. The van der Waals surface area contributed by atoms with Gasteiger partial charge in [0.25, 0.3) is 0 Å². The van der Waals surface area contributed by atoms with Gasteiger partial charge in [-0.15, -0.1) is 5.10 Å². The van der Waals surface area contributed by atoms with E-state index in [0.717, 1.165) is 12.0 Å². The van der Waals surface area contributed by atoms with Crippen molar-refractivity contribution in [2.75, 3.05) is 6.61 Å². The highest BCUT2D eigenvalue weighted by Crippen LogP contribution is 2.05. The molecule has 0 rings (SSSR count). The fraction of sp³-hybridized carbons (Fsp3) is 0.333. The predicted molar refractivity (Wildman–Crippen MR) is 66.3 cm³/mol. The topological polar surface area (TPSA) is 34.0 Å². The lowest BCUT2D eigenvalue weighted by atomic mass is 10.2. The van der Waals surface area contributed by atoms with Crippen molar-refractivity contribution in [1.29, 1.82) is 0 Å². The molecule has 0 aliphatic heterocycles. The Morgan fingerprint density at radius 3 is 2.40 bits per heavy atom. The van der Waals surface area contributed by atoms with Crippen molar-refractivity contribution in [1.82, 2.24) is 0 Å². The molecule has 0 aromatic heterocycles. The van der Waals surface area contributed by atoms with Crippen LogP contribution in [0.1, 0.15) is 20.3 Å². The maximum atomic E-state index is 5.25. The largest absolute Gasteiger partial charge is 0.476 e. The molecule has 15 heavy (non-hydrogen) atoms. The van der Waals surface area contributed by atoms with E-state index in [9.17, 15) is 0 Å². The molecule has 0 aromatic carbocycles. The average Bonchev–Trinajstić information content (AvgIpc) is 2.25. The molecule has 0 aliphatic carbocycles. The van der Waals surface area contributed by atoms with E-state index in [0.29, 0.717) is 18.1 Å². The van der Waals surface area contributed by atoms with E-state index < -0.39 is 0 Å². The Kier molecular flexibility index (Phi) is 6.89. The summed E-state index contributed by atoms with van der Waals surface area (Å²) < 4.78 is 5.25. The summed E-state index contributed by atoms with van der Waals surface area (Å²) in [4.78, 5) is 0. The molecule has 0 aliphatic rings. The van der Waals surface area contributed by atoms with Crippen molar-refractivity contribution in [2.45, 2.75) is 20.3 Å². The highest BCUT2D eigenvalue weighted by atomic mass is 16.5. The quantitative estimate of drug-likeness (QED) is 0.284. The van der Waals surface area contributed by atoms with Crippen LogP contribution >= 0.6 is 0 Å². The van der Waals surface area contributed by atoms with E-state index >= 15 is 0 Å². The minimum Gasteiger partial charge on any atom is -0.476 e. The molecule has 0 N–H and O–H groups in total. The molecule has 0 atom stereocenters. The van der Waals surface area contributed by atoms with Crippen LogP contribution in [0.3, 0.4) is 0 Å². The van der Waals surface area contributed by atoms with E-state index in [4.69, 9.17) is 4.74 Å². The maximum absolute atomic E-state index is 5.25. The second kappa shape index (κ2) is 7.74. The average molecular weight is 206 g/mol. The predicted octanol–water partition coefficient (Wildman–Crippen LogP) is 3.12. The lowest BCUT2D eigenvalue weighted by molar-refractivity contribution is 0.327.